The van der Waals surface area contributed by atoms with E-state index in [1.165, 1.54) is 12.1 Å². The van der Waals surface area contributed by atoms with Crippen molar-refractivity contribution in [2.45, 2.75) is 72.6 Å². The van der Waals surface area contributed by atoms with E-state index in [9.17, 15) is 4.79 Å². The summed E-state index contributed by atoms with van der Waals surface area (Å²) < 4.78 is 15.1. The number of halogens is 3. The maximum atomic E-state index is 12.6. The first kappa shape index (κ1) is 25.2. The number of hydrogen-bond acceptors (Lipinski definition) is 3. The van der Waals surface area contributed by atoms with Gasteiger partial charge in [0.25, 0.3) is 0 Å². The van der Waals surface area contributed by atoms with Crippen LogP contribution in [0.3, 0.4) is 0 Å². The van der Waals surface area contributed by atoms with Crippen LogP contribution in [0.15, 0.2) is 12.1 Å². The van der Waals surface area contributed by atoms with Crippen LogP contribution >= 0.6 is 34.8 Å². The minimum atomic E-state index is -2.98. The Kier molecular flexibility index (Phi) is 12.5. The molecule has 0 spiro atoms. The van der Waals surface area contributed by atoms with Gasteiger partial charge in [-0.1, -0.05) is 0 Å². The molecule has 0 unspecified atom stereocenters. The predicted molar refractivity (Wildman–Crippen MR) is 118 cm³/mol. The van der Waals surface area contributed by atoms with Crippen molar-refractivity contribution in [2.75, 3.05) is 6.61 Å². The third-order valence-corrected chi connectivity index (χ3v) is 18.3. The zero-order chi connectivity index (χ0) is 20.3. The summed E-state index contributed by atoms with van der Waals surface area (Å²) in [7, 11) is 0. The van der Waals surface area contributed by atoms with Gasteiger partial charge in [0, 0.05) is 0 Å². The molecule has 0 heterocycles. The van der Waals surface area contributed by atoms with E-state index in [1.54, 1.807) is 0 Å². The monoisotopic (exact) mass is 544 g/mol. The fourth-order valence-corrected chi connectivity index (χ4v) is 16.7. The summed E-state index contributed by atoms with van der Waals surface area (Å²) >= 11 is 15.1. The molecule has 0 fully saturated rings. The van der Waals surface area contributed by atoms with Gasteiger partial charge in [-0.25, -0.2) is 0 Å². The maximum absolute atomic E-state index is 12.6. The molecule has 27 heavy (non-hydrogen) atoms. The molecule has 0 aliphatic carbocycles. The van der Waals surface area contributed by atoms with Crippen molar-refractivity contribution >= 4 is 59.6 Å². The Morgan fingerprint density at radius 3 is 1.81 bits per heavy atom. The molecule has 0 aromatic heterocycles. The van der Waals surface area contributed by atoms with Gasteiger partial charge in [-0.15, -0.1) is 0 Å². The molecule has 0 aliphatic rings. The van der Waals surface area contributed by atoms with Crippen LogP contribution < -0.4 is 4.74 Å². The van der Waals surface area contributed by atoms with Crippen LogP contribution in [-0.2, 0) is 7.87 Å². The second-order valence-corrected chi connectivity index (χ2v) is 19.8. The average molecular weight is 545 g/mol. The molecule has 1 rings (SSSR count). The summed E-state index contributed by atoms with van der Waals surface area (Å²) in [6.45, 7) is 6.41. The summed E-state index contributed by atoms with van der Waals surface area (Å²) in [6, 6.07) is 3.04. The number of hydrogen-bond donors (Lipinski definition) is 0. The van der Waals surface area contributed by atoms with Crippen LogP contribution in [0.5, 0.6) is 5.75 Å². The summed E-state index contributed by atoms with van der Waals surface area (Å²) in [5, 5.41) is 1.02. The van der Waals surface area contributed by atoms with Crippen LogP contribution in [0.25, 0.3) is 0 Å². The number of carbonyl (C=O) groups is 1. The Hall–Kier alpha value is 0.159. The topological polar surface area (TPSA) is 35.5 Å². The number of rotatable bonds is 13. The molecule has 7 heteroatoms. The Balaban J connectivity index is 2.80. The first-order valence-electron chi connectivity index (χ1n) is 9.86. The van der Waals surface area contributed by atoms with Crippen molar-refractivity contribution in [3.63, 3.8) is 0 Å². The van der Waals surface area contributed by atoms with Gasteiger partial charge in [-0.2, -0.15) is 0 Å². The Morgan fingerprint density at radius 2 is 1.33 bits per heavy atom. The van der Waals surface area contributed by atoms with Crippen LogP contribution in [0, 0.1) is 0 Å². The van der Waals surface area contributed by atoms with Crippen molar-refractivity contribution in [1.82, 2.24) is 0 Å². The summed E-state index contributed by atoms with van der Waals surface area (Å²) in [4.78, 5) is 12.6. The number of unbranched alkanes of at least 4 members (excludes halogenated alkanes) is 3. The van der Waals surface area contributed by atoms with Gasteiger partial charge in [0.05, 0.1) is 0 Å². The van der Waals surface area contributed by atoms with Gasteiger partial charge in [0.15, 0.2) is 0 Å². The molecule has 0 saturated heterocycles. The summed E-state index contributed by atoms with van der Waals surface area (Å²) in [5.74, 6) is 0.0655. The standard InChI is InChI=1S/C8H5Cl3O3.3C4H9.Sn/c9-4-1-6(11)7(2-5(4)10)14-3-8(12)13;3*1-3-4-2;/h1-2H,3H2,(H,12,13);3*1,3-4H2,2H3;/q;;;;+1/p-1. The Morgan fingerprint density at radius 1 is 0.852 bits per heavy atom. The first-order chi connectivity index (χ1) is 12.9. The molecule has 3 nitrogen and oxygen atoms in total. The fourth-order valence-electron chi connectivity index (χ4n) is 3.05. The first-order valence-corrected chi connectivity index (χ1v) is 18.2. The van der Waals surface area contributed by atoms with Crippen molar-refractivity contribution in [3.05, 3.63) is 27.2 Å². The average Bonchev–Trinajstić information content (AvgIpc) is 2.64. The SMILES string of the molecule is CCC[CH2][Sn]([CH2]CCC)([CH2]CCC)[O]C(=O)COc1cc(Cl)c(Cl)cc1Cl. The number of benzene rings is 1. The van der Waals surface area contributed by atoms with E-state index in [4.69, 9.17) is 42.6 Å². The van der Waals surface area contributed by atoms with Gasteiger partial charge in [0.2, 0.25) is 0 Å². The second kappa shape index (κ2) is 13.4. The number of ether oxygens (including phenoxy) is 1. The molecule has 0 bridgehead atoms. The van der Waals surface area contributed by atoms with E-state index >= 15 is 0 Å². The van der Waals surface area contributed by atoms with Gasteiger partial charge in [0.1, 0.15) is 0 Å². The van der Waals surface area contributed by atoms with Gasteiger partial charge >= 0.3 is 184 Å². The Bertz CT molecular complexity index is 574. The predicted octanol–water partition coefficient (Wildman–Crippen LogP) is 7.91. The third-order valence-electron chi connectivity index (χ3n) is 4.61. The molecule has 0 N–H and O–H groups in total. The van der Waals surface area contributed by atoms with Gasteiger partial charge in [-0.05, 0) is 0 Å². The molecular formula is C20H31Cl3O3Sn. The zero-order valence-corrected chi connectivity index (χ0v) is 21.7. The summed E-state index contributed by atoms with van der Waals surface area (Å²) in [6.07, 6.45) is 6.79. The van der Waals surface area contributed by atoms with Crippen molar-refractivity contribution in [3.8, 4) is 5.75 Å². The van der Waals surface area contributed by atoms with Crippen molar-refractivity contribution < 1.29 is 12.6 Å². The van der Waals surface area contributed by atoms with E-state index < -0.39 is 18.8 Å². The fraction of sp³-hybridized carbons (Fsp3) is 0.650. The van der Waals surface area contributed by atoms with Gasteiger partial charge < -0.3 is 0 Å². The van der Waals surface area contributed by atoms with Crippen molar-refractivity contribution in [2.24, 2.45) is 0 Å². The molecule has 0 aliphatic heterocycles. The molecular weight excluding hydrogens is 513 g/mol. The molecule has 0 amide bonds. The number of carbonyl (C=O) groups excluding carboxylic acids is 1. The molecule has 0 saturated carbocycles. The molecule has 1 aromatic carbocycles. The third kappa shape index (κ3) is 9.01. The molecule has 154 valence electrons. The molecule has 0 radical (unpaired) electrons. The van der Waals surface area contributed by atoms with Crippen LogP contribution in [-0.4, -0.2) is 31.4 Å². The van der Waals surface area contributed by atoms with Crippen LogP contribution in [0.2, 0.25) is 28.4 Å². The second-order valence-electron chi connectivity index (χ2n) is 6.95. The van der Waals surface area contributed by atoms with Crippen LogP contribution in [0.1, 0.15) is 59.3 Å². The van der Waals surface area contributed by atoms with Crippen molar-refractivity contribution in [1.29, 1.82) is 0 Å². The van der Waals surface area contributed by atoms with E-state index in [-0.39, 0.29) is 12.6 Å². The zero-order valence-electron chi connectivity index (χ0n) is 16.6. The Labute approximate surface area is 183 Å². The van der Waals surface area contributed by atoms with Crippen LogP contribution in [0.4, 0.5) is 0 Å². The summed E-state index contributed by atoms with van der Waals surface area (Å²) in [5.41, 5.74) is 0. The normalized spacial score (nSPS) is 11.5. The van der Waals surface area contributed by atoms with E-state index in [1.807, 2.05) is 0 Å². The quantitative estimate of drug-likeness (QED) is 0.187. The minimum absolute atomic E-state index is 0.152. The molecule has 1 aromatic rings. The van der Waals surface area contributed by atoms with E-state index in [0.29, 0.717) is 20.8 Å². The van der Waals surface area contributed by atoms with E-state index in [0.717, 1.165) is 51.8 Å². The molecule has 0 atom stereocenters. The van der Waals surface area contributed by atoms with E-state index in [2.05, 4.69) is 20.8 Å². The van der Waals surface area contributed by atoms with Gasteiger partial charge in [-0.3, -0.25) is 0 Å².